The Morgan fingerprint density at radius 2 is 2.12 bits per heavy atom. The van der Waals surface area contributed by atoms with E-state index in [-0.39, 0.29) is 30.8 Å². The highest BCUT2D eigenvalue weighted by Gasteiger charge is 2.22. The fourth-order valence-corrected chi connectivity index (χ4v) is 3.89. The maximum Gasteiger partial charge on any atom is 0.226 e. The van der Waals surface area contributed by atoms with Crippen molar-refractivity contribution in [1.82, 2.24) is 10.3 Å². The van der Waals surface area contributed by atoms with E-state index in [2.05, 4.69) is 10.3 Å². The summed E-state index contributed by atoms with van der Waals surface area (Å²) in [5, 5.41) is 14.8. The summed E-state index contributed by atoms with van der Waals surface area (Å²) >= 11 is 1.42. The van der Waals surface area contributed by atoms with Crippen LogP contribution in [0.4, 0.5) is 4.39 Å². The van der Waals surface area contributed by atoms with Crippen molar-refractivity contribution in [2.75, 3.05) is 6.61 Å². The Hall–Kier alpha value is -1.79. The minimum Gasteiger partial charge on any atom is -0.396 e. The number of nitrogens with zero attached hydrogens (tertiary/aromatic N) is 1. The summed E-state index contributed by atoms with van der Waals surface area (Å²) in [5.41, 5.74) is 1.44. The molecule has 0 spiro atoms. The van der Waals surface area contributed by atoms with Gasteiger partial charge < -0.3 is 10.4 Å². The molecule has 0 atom stereocenters. The van der Waals surface area contributed by atoms with Gasteiger partial charge in [-0.2, -0.15) is 0 Å². The highest BCUT2D eigenvalue weighted by Crippen LogP contribution is 2.25. The fourth-order valence-electron chi connectivity index (χ4n) is 3.07. The van der Waals surface area contributed by atoms with Crippen molar-refractivity contribution in [3.05, 3.63) is 41.2 Å². The second-order valence-electron chi connectivity index (χ2n) is 6.30. The number of hydrogen-bond donors (Lipinski definition) is 2. The van der Waals surface area contributed by atoms with Gasteiger partial charge in [0.05, 0.1) is 12.1 Å². The third-order valence-electron chi connectivity index (χ3n) is 4.44. The maximum atomic E-state index is 13.3. The molecule has 0 aliphatic heterocycles. The lowest BCUT2D eigenvalue weighted by Crippen LogP contribution is -2.38. The van der Waals surface area contributed by atoms with Crippen LogP contribution in [0.3, 0.4) is 0 Å². The van der Waals surface area contributed by atoms with E-state index in [1.165, 1.54) is 23.5 Å². The van der Waals surface area contributed by atoms with Gasteiger partial charge in [-0.15, -0.1) is 11.3 Å². The number of thiazole rings is 1. The van der Waals surface area contributed by atoms with E-state index in [1.54, 1.807) is 6.07 Å². The zero-order valence-corrected chi connectivity index (χ0v) is 14.2. The van der Waals surface area contributed by atoms with Gasteiger partial charge in [0.1, 0.15) is 10.8 Å². The van der Waals surface area contributed by atoms with Gasteiger partial charge >= 0.3 is 0 Å². The monoisotopic (exact) mass is 348 g/mol. The Balaban J connectivity index is 1.54. The van der Waals surface area contributed by atoms with Crippen LogP contribution in [0.25, 0.3) is 10.6 Å². The number of aliphatic hydroxyl groups is 1. The van der Waals surface area contributed by atoms with Crippen LogP contribution < -0.4 is 5.32 Å². The average Bonchev–Trinajstić information content (AvgIpc) is 3.04. The number of carbonyl (C=O) groups excluding carboxylic acids is 1. The molecule has 1 aromatic heterocycles. The molecule has 3 rings (SSSR count). The first-order valence-corrected chi connectivity index (χ1v) is 9.12. The number of nitrogens with one attached hydrogen (secondary N) is 1. The summed E-state index contributed by atoms with van der Waals surface area (Å²) in [6, 6.07) is 6.51. The van der Waals surface area contributed by atoms with Crippen LogP contribution in [-0.2, 0) is 11.2 Å². The summed E-state index contributed by atoms with van der Waals surface area (Å²) in [7, 11) is 0. The van der Waals surface area contributed by atoms with Crippen molar-refractivity contribution in [2.24, 2.45) is 5.92 Å². The lowest BCUT2D eigenvalue weighted by Gasteiger charge is -2.27. The fraction of sp³-hybridized carbons (Fsp3) is 0.444. The minimum absolute atomic E-state index is 0.0291. The Morgan fingerprint density at radius 3 is 2.83 bits per heavy atom. The average molecular weight is 348 g/mol. The molecule has 1 aliphatic rings. The molecule has 2 aromatic rings. The van der Waals surface area contributed by atoms with E-state index in [9.17, 15) is 9.18 Å². The van der Waals surface area contributed by atoms with E-state index in [1.807, 2.05) is 11.4 Å². The molecule has 1 amide bonds. The molecule has 24 heavy (non-hydrogen) atoms. The van der Waals surface area contributed by atoms with E-state index in [0.717, 1.165) is 36.3 Å². The number of hydrogen-bond acceptors (Lipinski definition) is 4. The molecular formula is C18H21FN2O2S. The Bertz CT molecular complexity index is 696. The molecule has 0 unspecified atom stereocenters. The predicted octanol–water partition coefficient (Wildman–Crippen LogP) is 3.16. The minimum atomic E-state index is -0.291. The van der Waals surface area contributed by atoms with Crippen LogP contribution in [0.1, 0.15) is 31.4 Å². The molecule has 1 heterocycles. The molecule has 0 radical (unpaired) electrons. The van der Waals surface area contributed by atoms with Gasteiger partial charge in [-0.25, -0.2) is 9.37 Å². The number of carbonyl (C=O) groups is 1. The number of benzene rings is 1. The van der Waals surface area contributed by atoms with E-state index in [0.29, 0.717) is 11.6 Å². The number of rotatable bonds is 5. The van der Waals surface area contributed by atoms with Crippen molar-refractivity contribution in [3.63, 3.8) is 0 Å². The normalized spacial score (nSPS) is 20.8. The van der Waals surface area contributed by atoms with Crippen molar-refractivity contribution >= 4 is 17.2 Å². The first-order valence-electron chi connectivity index (χ1n) is 8.24. The highest BCUT2D eigenvalue weighted by atomic mass is 32.1. The van der Waals surface area contributed by atoms with Crippen molar-refractivity contribution in [1.29, 1.82) is 0 Å². The van der Waals surface area contributed by atoms with Gasteiger partial charge in [-0.3, -0.25) is 4.79 Å². The smallest absolute Gasteiger partial charge is 0.226 e. The standard InChI is InChI=1S/C18H21FN2O2S/c19-14-3-1-2-13(8-14)18-21-16(11-24-18)9-17(23)20-15-6-4-12(10-22)5-7-15/h1-3,8,11-12,15,22H,4-7,9-10H2,(H,20,23). The van der Waals surface area contributed by atoms with Crippen LogP contribution in [-0.4, -0.2) is 28.6 Å². The Kier molecular flexibility index (Phi) is 5.58. The highest BCUT2D eigenvalue weighted by molar-refractivity contribution is 7.13. The van der Waals surface area contributed by atoms with Crippen molar-refractivity contribution < 1.29 is 14.3 Å². The molecule has 1 fully saturated rings. The van der Waals surface area contributed by atoms with Gasteiger partial charge in [0.25, 0.3) is 0 Å². The molecule has 6 heteroatoms. The Labute approximate surface area is 144 Å². The second-order valence-corrected chi connectivity index (χ2v) is 7.16. The van der Waals surface area contributed by atoms with Gasteiger partial charge in [-0.05, 0) is 43.7 Å². The molecule has 0 saturated heterocycles. The number of halogens is 1. The molecule has 4 nitrogen and oxygen atoms in total. The van der Waals surface area contributed by atoms with Gasteiger partial charge in [0.15, 0.2) is 0 Å². The third-order valence-corrected chi connectivity index (χ3v) is 5.38. The molecule has 2 N–H and O–H groups in total. The molecular weight excluding hydrogens is 327 g/mol. The van der Waals surface area contributed by atoms with Crippen LogP contribution in [0.2, 0.25) is 0 Å². The number of amides is 1. The molecule has 1 aromatic carbocycles. The van der Waals surface area contributed by atoms with Crippen LogP contribution in [0.15, 0.2) is 29.6 Å². The zero-order valence-electron chi connectivity index (χ0n) is 13.4. The van der Waals surface area contributed by atoms with E-state index in [4.69, 9.17) is 5.11 Å². The summed E-state index contributed by atoms with van der Waals surface area (Å²) in [4.78, 5) is 16.6. The lowest BCUT2D eigenvalue weighted by atomic mass is 9.86. The second kappa shape index (κ2) is 7.85. The van der Waals surface area contributed by atoms with E-state index >= 15 is 0 Å². The van der Waals surface area contributed by atoms with Gasteiger partial charge in [0.2, 0.25) is 5.91 Å². The topological polar surface area (TPSA) is 62.2 Å². The van der Waals surface area contributed by atoms with E-state index < -0.39 is 0 Å². The molecule has 1 aliphatic carbocycles. The number of aromatic nitrogens is 1. The maximum absolute atomic E-state index is 13.3. The van der Waals surface area contributed by atoms with Crippen molar-refractivity contribution in [3.8, 4) is 10.6 Å². The molecule has 128 valence electrons. The third kappa shape index (κ3) is 4.39. The zero-order chi connectivity index (χ0) is 16.9. The molecule has 1 saturated carbocycles. The Morgan fingerprint density at radius 1 is 1.33 bits per heavy atom. The summed E-state index contributed by atoms with van der Waals surface area (Å²) < 4.78 is 13.3. The number of aliphatic hydroxyl groups excluding tert-OH is 1. The molecule has 0 bridgehead atoms. The summed E-state index contributed by atoms with van der Waals surface area (Å²) in [6.07, 6.45) is 4.00. The quantitative estimate of drug-likeness (QED) is 0.872. The van der Waals surface area contributed by atoms with Crippen LogP contribution in [0, 0.1) is 11.7 Å². The predicted molar refractivity (Wildman–Crippen MR) is 92.2 cm³/mol. The van der Waals surface area contributed by atoms with Gasteiger partial charge in [-0.1, -0.05) is 12.1 Å². The largest absolute Gasteiger partial charge is 0.396 e. The first kappa shape index (κ1) is 17.0. The summed E-state index contributed by atoms with van der Waals surface area (Å²) in [6.45, 7) is 0.238. The first-order chi connectivity index (χ1) is 11.6. The van der Waals surface area contributed by atoms with Crippen LogP contribution in [0.5, 0.6) is 0 Å². The van der Waals surface area contributed by atoms with Crippen molar-refractivity contribution in [2.45, 2.75) is 38.1 Å². The van der Waals surface area contributed by atoms with Crippen LogP contribution >= 0.6 is 11.3 Å². The summed E-state index contributed by atoms with van der Waals surface area (Å²) in [5.74, 6) is 0.0598. The SMILES string of the molecule is O=C(Cc1csc(-c2cccc(F)c2)n1)NC1CCC(CO)CC1. The van der Waals surface area contributed by atoms with Gasteiger partial charge in [0, 0.05) is 23.6 Å². The lowest BCUT2D eigenvalue weighted by molar-refractivity contribution is -0.121.